The van der Waals surface area contributed by atoms with Crippen molar-refractivity contribution in [2.45, 2.75) is 58.8 Å². The van der Waals surface area contributed by atoms with E-state index in [1.165, 1.54) is 25.7 Å². The van der Waals surface area contributed by atoms with Crippen LogP contribution in [0.15, 0.2) is 30.3 Å². The van der Waals surface area contributed by atoms with Crippen LogP contribution in [0.25, 0.3) is 0 Å². The molecule has 0 radical (unpaired) electrons. The van der Waals surface area contributed by atoms with Gasteiger partial charge in [0.05, 0.1) is 0 Å². The summed E-state index contributed by atoms with van der Waals surface area (Å²) in [6, 6.07) is 4.74. The monoisotopic (exact) mass is 436 g/mol. The fourth-order valence-corrected chi connectivity index (χ4v) is 4.63. The molecule has 0 amide bonds. The Morgan fingerprint density at radius 1 is 0.968 bits per heavy atom. The summed E-state index contributed by atoms with van der Waals surface area (Å²) in [7, 11) is 0. The quantitative estimate of drug-likeness (QED) is 0.260. The van der Waals surface area contributed by atoms with Gasteiger partial charge in [0.2, 0.25) is 0 Å². The van der Waals surface area contributed by atoms with Gasteiger partial charge in [-0.2, -0.15) is 0 Å². The third-order valence-electron chi connectivity index (χ3n) is 6.36. The third-order valence-corrected chi connectivity index (χ3v) is 6.36. The van der Waals surface area contributed by atoms with Gasteiger partial charge >= 0.3 is 5.97 Å². The lowest BCUT2D eigenvalue weighted by Crippen LogP contribution is -2.22. The number of hydrogen-bond donors (Lipinski definition) is 0. The molecule has 1 aliphatic carbocycles. The molecular formula is C25H28F4O2. The van der Waals surface area contributed by atoms with Gasteiger partial charge in [-0.3, -0.25) is 0 Å². The van der Waals surface area contributed by atoms with Crippen molar-refractivity contribution in [1.82, 2.24) is 0 Å². The standard InChI is InChI=1S/C25H28F4O2/c1-3-4-16-5-7-18(8-6-16)15(2)11-17-12-22(28)24(23(29)13-17)25(30)31-19-9-10-20(26)21(27)14-19/h9-10,12-16,18H,3-8,11H2,1-2H3. The molecule has 6 heteroatoms. The van der Waals surface area contributed by atoms with Crippen molar-refractivity contribution in [2.75, 3.05) is 0 Å². The second-order valence-electron chi connectivity index (χ2n) is 8.65. The molecule has 1 atom stereocenters. The smallest absolute Gasteiger partial charge is 0.349 e. The van der Waals surface area contributed by atoms with Crippen LogP contribution in [0.5, 0.6) is 5.75 Å². The van der Waals surface area contributed by atoms with Crippen molar-refractivity contribution in [3.63, 3.8) is 0 Å². The zero-order valence-corrected chi connectivity index (χ0v) is 17.9. The highest BCUT2D eigenvalue weighted by Gasteiger charge is 2.26. The minimum atomic E-state index is -1.30. The Morgan fingerprint density at radius 3 is 2.19 bits per heavy atom. The molecule has 31 heavy (non-hydrogen) atoms. The number of esters is 1. The molecule has 0 N–H and O–H groups in total. The number of ether oxygens (including phenoxy) is 1. The first-order valence-electron chi connectivity index (χ1n) is 10.9. The van der Waals surface area contributed by atoms with E-state index in [0.717, 1.165) is 43.0 Å². The fourth-order valence-electron chi connectivity index (χ4n) is 4.63. The normalized spacial score (nSPS) is 19.8. The van der Waals surface area contributed by atoms with Crippen LogP contribution in [0.2, 0.25) is 0 Å². The summed E-state index contributed by atoms with van der Waals surface area (Å²) in [4.78, 5) is 12.2. The van der Waals surface area contributed by atoms with Crippen molar-refractivity contribution >= 4 is 5.97 Å². The van der Waals surface area contributed by atoms with Gasteiger partial charge in [0, 0.05) is 6.07 Å². The summed E-state index contributed by atoms with van der Waals surface area (Å²) in [5, 5.41) is 0. The Bertz CT molecular complexity index is 897. The van der Waals surface area contributed by atoms with Crippen LogP contribution < -0.4 is 4.74 Å². The lowest BCUT2D eigenvalue weighted by Gasteiger charge is -2.32. The molecule has 0 heterocycles. The van der Waals surface area contributed by atoms with Crippen molar-refractivity contribution in [3.8, 4) is 5.75 Å². The highest BCUT2D eigenvalue weighted by atomic mass is 19.2. The molecule has 0 aliphatic heterocycles. The predicted molar refractivity (Wildman–Crippen MR) is 111 cm³/mol. The lowest BCUT2D eigenvalue weighted by molar-refractivity contribution is 0.0724. The average molecular weight is 436 g/mol. The van der Waals surface area contributed by atoms with E-state index in [9.17, 15) is 22.4 Å². The summed E-state index contributed by atoms with van der Waals surface area (Å²) < 4.78 is 60.2. The van der Waals surface area contributed by atoms with Crippen molar-refractivity contribution < 1.29 is 27.1 Å². The molecule has 1 unspecified atom stereocenters. The van der Waals surface area contributed by atoms with E-state index in [2.05, 4.69) is 13.8 Å². The maximum atomic E-state index is 14.6. The number of halogens is 4. The van der Waals surface area contributed by atoms with Crippen LogP contribution in [0, 0.1) is 41.0 Å². The van der Waals surface area contributed by atoms with Crippen LogP contribution in [-0.2, 0) is 6.42 Å². The molecule has 2 aromatic carbocycles. The van der Waals surface area contributed by atoms with Gasteiger partial charge in [-0.15, -0.1) is 0 Å². The van der Waals surface area contributed by atoms with E-state index >= 15 is 0 Å². The van der Waals surface area contributed by atoms with E-state index in [4.69, 9.17) is 4.74 Å². The van der Waals surface area contributed by atoms with Crippen LogP contribution in [-0.4, -0.2) is 5.97 Å². The van der Waals surface area contributed by atoms with Gasteiger partial charge in [-0.05, 0) is 66.8 Å². The van der Waals surface area contributed by atoms with E-state index in [0.29, 0.717) is 24.0 Å². The Balaban J connectivity index is 1.65. The molecule has 3 rings (SSSR count). The van der Waals surface area contributed by atoms with E-state index in [-0.39, 0.29) is 11.7 Å². The fraction of sp³-hybridized carbons (Fsp3) is 0.480. The van der Waals surface area contributed by atoms with Gasteiger partial charge in [0.1, 0.15) is 22.9 Å². The first-order valence-corrected chi connectivity index (χ1v) is 10.9. The van der Waals surface area contributed by atoms with Gasteiger partial charge in [0.25, 0.3) is 0 Å². The third kappa shape index (κ3) is 5.86. The van der Waals surface area contributed by atoms with Crippen LogP contribution >= 0.6 is 0 Å². The Morgan fingerprint density at radius 2 is 1.61 bits per heavy atom. The van der Waals surface area contributed by atoms with Crippen LogP contribution in [0.1, 0.15) is 68.3 Å². The Labute approximate surface area is 180 Å². The Hall–Kier alpha value is -2.37. The van der Waals surface area contributed by atoms with Crippen molar-refractivity contribution in [2.24, 2.45) is 17.8 Å². The molecule has 1 fully saturated rings. The second kappa shape index (κ2) is 10.3. The molecule has 1 aliphatic rings. The van der Waals surface area contributed by atoms with Crippen LogP contribution in [0.4, 0.5) is 17.6 Å². The zero-order chi connectivity index (χ0) is 22.5. The molecule has 0 aromatic heterocycles. The molecule has 0 spiro atoms. The number of carbonyl (C=O) groups is 1. The zero-order valence-electron chi connectivity index (χ0n) is 17.9. The minimum Gasteiger partial charge on any atom is -0.423 e. The number of rotatable bonds is 7. The van der Waals surface area contributed by atoms with Gasteiger partial charge in [-0.25, -0.2) is 22.4 Å². The topological polar surface area (TPSA) is 26.3 Å². The van der Waals surface area contributed by atoms with E-state index in [1.807, 2.05) is 0 Å². The molecule has 0 bridgehead atoms. The lowest BCUT2D eigenvalue weighted by atomic mass is 9.73. The number of hydrogen-bond acceptors (Lipinski definition) is 2. The predicted octanol–water partition coefficient (Wildman–Crippen LogP) is 7.25. The van der Waals surface area contributed by atoms with Crippen molar-refractivity contribution in [1.29, 1.82) is 0 Å². The first kappa shape index (κ1) is 23.3. The van der Waals surface area contributed by atoms with Crippen molar-refractivity contribution in [3.05, 3.63) is 64.7 Å². The summed E-state index contributed by atoms with van der Waals surface area (Å²) in [6.45, 7) is 4.31. The van der Waals surface area contributed by atoms with Gasteiger partial charge in [-0.1, -0.05) is 39.5 Å². The highest BCUT2D eigenvalue weighted by molar-refractivity contribution is 5.91. The van der Waals surface area contributed by atoms with Gasteiger partial charge in [0.15, 0.2) is 11.6 Å². The van der Waals surface area contributed by atoms with E-state index in [1.54, 1.807) is 0 Å². The molecule has 1 saturated carbocycles. The molecule has 168 valence electrons. The summed E-state index contributed by atoms with van der Waals surface area (Å²) in [6.07, 6.45) is 7.68. The number of benzene rings is 2. The minimum absolute atomic E-state index is 0.279. The summed E-state index contributed by atoms with van der Waals surface area (Å²) >= 11 is 0. The number of carbonyl (C=O) groups excluding carboxylic acids is 1. The average Bonchev–Trinajstić information content (AvgIpc) is 2.71. The van der Waals surface area contributed by atoms with E-state index < -0.39 is 34.8 Å². The highest BCUT2D eigenvalue weighted by Crippen LogP contribution is 2.36. The Kier molecular flexibility index (Phi) is 7.74. The molecule has 0 saturated heterocycles. The van der Waals surface area contributed by atoms with Gasteiger partial charge < -0.3 is 4.74 Å². The summed E-state index contributed by atoms with van der Waals surface area (Å²) in [5.74, 6) is -4.42. The van der Waals surface area contributed by atoms with Crippen LogP contribution in [0.3, 0.4) is 0 Å². The molecule has 2 aromatic rings. The largest absolute Gasteiger partial charge is 0.423 e. The maximum absolute atomic E-state index is 14.6. The SMILES string of the molecule is CCCC1CCC(C(C)Cc2cc(F)c(C(=O)Oc3ccc(F)c(F)c3)c(F)c2)CC1. The first-order chi connectivity index (χ1) is 14.8. The molecular weight excluding hydrogens is 408 g/mol. The molecule has 2 nitrogen and oxygen atoms in total. The summed E-state index contributed by atoms with van der Waals surface area (Å²) in [5.41, 5.74) is -0.358. The maximum Gasteiger partial charge on any atom is 0.349 e. The second-order valence-corrected chi connectivity index (χ2v) is 8.65.